The fraction of sp³-hybridized carbons (Fsp3) is 1.00. The van der Waals surface area contributed by atoms with Gasteiger partial charge in [0.25, 0.3) is 0 Å². The molecule has 4 N–H and O–H groups in total. The van der Waals surface area contributed by atoms with Crippen LogP contribution in [0, 0.1) is 29.1 Å². The van der Waals surface area contributed by atoms with E-state index in [0.717, 1.165) is 32.1 Å². The second-order valence-electron chi connectivity index (χ2n) is 7.12. The van der Waals surface area contributed by atoms with Crippen molar-refractivity contribution in [2.45, 2.75) is 57.7 Å². The van der Waals surface area contributed by atoms with Gasteiger partial charge in [-0.3, -0.25) is 0 Å². The van der Waals surface area contributed by atoms with E-state index in [0.29, 0.717) is 30.2 Å². The highest BCUT2D eigenvalue weighted by molar-refractivity contribution is 5.05. The van der Waals surface area contributed by atoms with E-state index >= 15 is 0 Å². The van der Waals surface area contributed by atoms with E-state index in [-0.39, 0.29) is 17.6 Å². The first-order chi connectivity index (χ1) is 8.58. The molecule has 3 nitrogen and oxygen atoms in total. The normalized spacial score (nSPS) is 56.0. The maximum absolute atomic E-state index is 10.3. The predicted octanol–water partition coefficient (Wildman–Crippen LogP) is 1.52. The average Bonchev–Trinajstić information content (AvgIpc) is 2.66. The number of aliphatic hydroxyl groups excluding tert-OH is 2. The van der Waals surface area contributed by atoms with Gasteiger partial charge >= 0.3 is 0 Å². The minimum absolute atomic E-state index is 0.105. The number of hydrogen-bond donors (Lipinski definition) is 3. The van der Waals surface area contributed by atoms with Gasteiger partial charge < -0.3 is 15.9 Å². The summed E-state index contributed by atoms with van der Waals surface area (Å²) in [5.74, 6) is 2.25. The van der Waals surface area contributed by atoms with E-state index in [2.05, 4.69) is 6.92 Å². The van der Waals surface area contributed by atoms with Gasteiger partial charge in [0.05, 0.1) is 12.2 Å². The summed E-state index contributed by atoms with van der Waals surface area (Å²) < 4.78 is 0. The summed E-state index contributed by atoms with van der Waals surface area (Å²) in [4.78, 5) is 0. The molecule has 3 heteroatoms. The Morgan fingerprint density at radius 3 is 2.56 bits per heavy atom. The molecular weight excluding hydrogens is 226 g/mol. The average molecular weight is 253 g/mol. The van der Waals surface area contributed by atoms with Gasteiger partial charge in [0.2, 0.25) is 0 Å². The molecule has 0 aromatic rings. The largest absolute Gasteiger partial charge is 0.393 e. The van der Waals surface area contributed by atoms with Crippen LogP contribution in [0.2, 0.25) is 0 Å². The minimum Gasteiger partial charge on any atom is -0.393 e. The smallest absolute Gasteiger partial charge is 0.0596 e. The van der Waals surface area contributed by atoms with Crippen molar-refractivity contribution in [3.63, 3.8) is 0 Å². The van der Waals surface area contributed by atoms with E-state index in [1.54, 1.807) is 0 Å². The van der Waals surface area contributed by atoms with Gasteiger partial charge in [-0.1, -0.05) is 6.92 Å². The topological polar surface area (TPSA) is 66.5 Å². The Labute approximate surface area is 110 Å². The maximum Gasteiger partial charge on any atom is 0.0596 e. The molecule has 0 aromatic heterocycles. The zero-order valence-corrected chi connectivity index (χ0v) is 11.4. The fourth-order valence-electron chi connectivity index (χ4n) is 5.43. The van der Waals surface area contributed by atoms with E-state index in [4.69, 9.17) is 5.73 Å². The lowest BCUT2D eigenvalue weighted by Crippen LogP contribution is -2.51. The summed E-state index contributed by atoms with van der Waals surface area (Å²) in [5, 5.41) is 20.4. The first kappa shape index (κ1) is 12.9. The second-order valence-corrected chi connectivity index (χ2v) is 7.12. The van der Waals surface area contributed by atoms with E-state index in [1.807, 2.05) is 0 Å². The molecule has 0 aliphatic heterocycles. The molecule has 0 heterocycles. The molecule has 104 valence electrons. The standard InChI is InChI=1S/C15H27NO2/c1-15-7-6-9-10(12(15)3-5-14(15)18)2-4-13(17)11(9)8-16/h9-14,17-18H,2-8,16H2,1H3/t9?,10?,11-,12?,13-,14?,15?/m1/s1. The van der Waals surface area contributed by atoms with Gasteiger partial charge in [0.1, 0.15) is 0 Å². The van der Waals surface area contributed by atoms with Crippen LogP contribution in [-0.2, 0) is 0 Å². The highest BCUT2D eigenvalue weighted by Crippen LogP contribution is 2.59. The Morgan fingerprint density at radius 1 is 1.06 bits per heavy atom. The van der Waals surface area contributed by atoms with Crippen LogP contribution in [0.25, 0.3) is 0 Å². The molecule has 3 rings (SSSR count). The number of rotatable bonds is 1. The Morgan fingerprint density at radius 2 is 1.83 bits per heavy atom. The highest BCUT2D eigenvalue weighted by Gasteiger charge is 2.55. The first-order valence-electron chi connectivity index (χ1n) is 7.64. The first-order valence-corrected chi connectivity index (χ1v) is 7.64. The van der Waals surface area contributed by atoms with Crippen molar-refractivity contribution in [3.8, 4) is 0 Å². The molecule has 0 aromatic carbocycles. The molecular formula is C15H27NO2. The summed E-state index contributed by atoms with van der Waals surface area (Å²) in [6.45, 7) is 2.91. The van der Waals surface area contributed by atoms with Gasteiger partial charge in [-0.05, 0) is 68.2 Å². The molecule has 3 saturated carbocycles. The molecule has 3 aliphatic rings. The number of aliphatic hydroxyl groups is 2. The summed E-state index contributed by atoms with van der Waals surface area (Å²) in [5.41, 5.74) is 6.03. The number of nitrogens with two attached hydrogens (primary N) is 1. The zero-order chi connectivity index (χ0) is 12.9. The lowest BCUT2D eigenvalue weighted by molar-refractivity contribution is -0.0901. The third-order valence-electron chi connectivity index (χ3n) is 6.55. The Kier molecular flexibility index (Phi) is 3.20. The van der Waals surface area contributed by atoms with Crippen molar-refractivity contribution in [3.05, 3.63) is 0 Å². The van der Waals surface area contributed by atoms with Crippen molar-refractivity contribution in [2.24, 2.45) is 34.8 Å². The summed E-state index contributed by atoms with van der Waals surface area (Å²) in [7, 11) is 0. The van der Waals surface area contributed by atoms with Crippen LogP contribution in [0.3, 0.4) is 0 Å². The van der Waals surface area contributed by atoms with Crippen LogP contribution >= 0.6 is 0 Å². The molecule has 0 amide bonds. The van der Waals surface area contributed by atoms with Gasteiger partial charge in [-0.2, -0.15) is 0 Å². The van der Waals surface area contributed by atoms with Gasteiger partial charge in [0.15, 0.2) is 0 Å². The monoisotopic (exact) mass is 253 g/mol. The molecule has 7 atom stereocenters. The third kappa shape index (κ3) is 1.67. The van der Waals surface area contributed by atoms with Crippen LogP contribution in [0.4, 0.5) is 0 Å². The molecule has 0 bridgehead atoms. The lowest BCUT2D eigenvalue weighted by Gasteiger charge is -2.53. The molecule has 0 spiro atoms. The second kappa shape index (κ2) is 4.46. The van der Waals surface area contributed by atoms with E-state index in [9.17, 15) is 10.2 Å². The molecule has 3 fully saturated rings. The molecule has 0 saturated heterocycles. The van der Waals surface area contributed by atoms with Crippen molar-refractivity contribution in [2.75, 3.05) is 6.54 Å². The summed E-state index contributed by atoms with van der Waals surface area (Å²) >= 11 is 0. The SMILES string of the molecule is CC12CCC3C(CC[C@@H](O)[C@@H]3CN)C1CCC2O. The van der Waals surface area contributed by atoms with Gasteiger partial charge in [-0.25, -0.2) is 0 Å². The Hall–Kier alpha value is -0.120. The zero-order valence-electron chi connectivity index (χ0n) is 11.4. The lowest BCUT2D eigenvalue weighted by atomic mass is 9.53. The summed E-state index contributed by atoms with van der Waals surface area (Å²) in [6.07, 6.45) is 6.16. The fourth-order valence-corrected chi connectivity index (χ4v) is 5.43. The summed E-state index contributed by atoms with van der Waals surface area (Å²) in [6, 6.07) is 0. The number of fused-ring (bicyclic) bond motifs is 3. The van der Waals surface area contributed by atoms with E-state index < -0.39 is 0 Å². The molecule has 18 heavy (non-hydrogen) atoms. The van der Waals surface area contributed by atoms with Gasteiger partial charge in [-0.15, -0.1) is 0 Å². The predicted molar refractivity (Wildman–Crippen MR) is 70.8 cm³/mol. The van der Waals surface area contributed by atoms with Crippen molar-refractivity contribution in [1.29, 1.82) is 0 Å². The molecule has 0 radical (unpaired) electrons. The molecule has 5 unspecified atom stereocenters. The third-order valence-corrected chi connectivity index (χ3v) is 6.55. The van der Waals surface area contributed by atoms with Crippen molar-refractivity contribution in [1.82, 2.24) is 0 Å². The van der Waals surface area contributed by atoms with Crippen molar-refractivity contribution >= 4 is 0 Å². The maximum atomic E-state index is 10.3. The molecule has 3 aliphatic carbocycles. The van der Waals surface area contributed by atoms with E-state index in [1.165, 1.54) is 6.42 Å². The van der Waals surface area contributed by atoms with Crippen LogP contribution in [0.1, 0.15) is 45.4 Å². The quantitative estimate of drug-likeness (QED) is 0.664. The Balaban J connectivity index is 1.85. The van der Waals surface area contributed by atoms with Crippen LogP contribution in [-0.4, -0.2) is 29.0 Å². The van der Waals surface area contributed by atoms with Crippen LogP contribution < -0.4 is 5.73 Å². The Bertz CT molecular complexity index is 322. The van der Waals surface area contributed by atoms with Crippen LogP contribution in [0.5, 0.6) is 0 Å². The van der Waals surface area contributed by atoms with Gasteiger partial charge in [0, 0.05) is 5.92 Å². The van der Waals surface area contributed by atoms with Crippen LogP contribution in [0.15, 0.2) is 0 Å². The van der Waals surface area contributed by atoms with Crippen molar-refractivity contribution < 1.29 is 10.2 Å². The minimum atomic E-state index is -0.188. The highest BCUT2D eigenvalue weighted by atomic mass is 16.3. The number of hydrogen-bond acceptors (Lipinski definition) is 3.